The number of aromatic nitrogens is 1. The maximum Gasteiger partial charge on any atom is 0.141 e. The Bertz CT molecular complexity index is 545. The first-order valence-electron chi connectivity index (χ1n) is 5.12. The van der Waals surface area contributed by atoms with Crippen LogP contribution in [-0.2, 0) is 0 Å². The number of nitrogens with zero attached hydrogens (tertiary/aromatic N) is 1. The lowest BCUT2D eigenvalue weighted by molar-refractivity contribution is 0.219. The molecule has 2 aromatic rings. The number of benzene rings is 1. The topological polar surface area (TPSA) is 33.1 Å². The molecule has 1 N–H and O–H groups in total. The molecule has 0 fully saturated rings. The third-order valence-corrected chi connectivity index (χ3v) is 2.96. The largest absolute Gasteiger partial charge is 0.384 e. The van der Waals surface area contributed by atoms with Gasteiger partial charge in [0, 0.05) is 16.8 Å². The maximum absolute atomic E-state index is 13.0. The summed E-state index contributed by atoms with van der Waals surface area (Å²) in [4.78, 5) is 3.70. The van der Waals surface area contributed by atoms with Crippen molar-refractivity contribution >= 4 is 11.6 Å². The lowest BCUT2D eigenvalue weighted by atomic mass is 10.0. The van der Waals surface area contributed by atoms with Gasteiger partial charge in [-0.15, -0.1) is 0 Å². The fourth-order valence-corrected chi connectivity index (χ4v) is 1.74. The van der Waals surface area contributed by atoms with E-state index in [0.717, 1.165) is 11.8 Å². The van der Waals surface area contributed by atoms with Crippen LogP contribution in [-0.4, -0.2) is 10.1 Å². The van der Waals surface area contributed by atoms with Gasteiger partial charge in [0.1, 0.15) is 11.9 Å². The number of halogens is 2. The number of hydrogen-bond acceptors (Lipinski definition) is 2. The Labute approximate surface area is 104 Å². The molecule has 0 saturated heterocycles. The number of aliphatic hydroxyl groups excluding tert-OH is 1. The van der Waals surface area contributed by atoms with Crippen LogP contribution in [0.5, 0.6) is 0 Å². The Morgan fingerprint density at radius 1 is 1.24 bits per heavy atom. The second-order valence-corrected chi connectivity index (χ2v) is 4.25. The molecule has 1 atom stereocenters. The summed E-state index contributed by atoms with van der Waals surface area (Å²) < 4.78 is 13.0. The van der Waals surface area contributed by atoms with Crippen molar-refractivity contribution in [2.24, 2.45) is 0 Å². The Hall–Kier alpha value is -1.45. The van der Waals surface area contributed by atoms with Crippen LogP contribution in [0.2, 0.25) is 5.02 Å². The molecule has 1 unspecified atom stereocenters. The molecule has 0 saturated carbocycles. The lowest BCUT2D eigenvalue weighted by Gasteiger charge is -2.12. The van der Waals surface area contributed by atoms with Crippen molar-refractivity contribution in [1.29, 1.82) is 0 Å². The molecule has 0 spiro atoms. The molecule has 4 heteroatoms. The van der Waals surface area contributed by atoms with Gasteiger partial charge in [0.05, 0.1) is 6.20 Å². The summed E-state index contributed by atoms with van der Waals surface area (Å²) in [5.74, 6) is -0.472. The Morgan fingerprint density at radius 3 is 2.65 bits per heavy atom. The second kappa shape index (κ2) is 4.82. The zero-order chi connectivity index (χ0) is 12.4. The van der Waals surface area contributed by atoms with E-state index in [1.807, 2.05) is 13.0 Å². The average molecular weight is 252 g/mol. The summed E-state index contributed by atoms with van der Waals surface area (Å²) in [7, 11) is 0. The van der Waals surface area contributed by atoms with E-state index in [-0.39, 0.29) is 0 Å². The first-order chi connectivity index (χ1) is 8.08. The number of pyridine rings is 1. The van der Waals surface area contributed by atoms with Crippen molar-refractivity contribution in [2.75, 3.05) is 0 Å². The van der Waals surface area contributed by atoms with Gasteiger partial charge in [-0.2, -0.15) is 0 Å². The van der Waals surface area contributed by atoms with E-state index < -0.39 is 11.9 Å². The zero-order valence-electron chi connectivity index (χ0n) is 9.19. The van der Waals surface area contributed by atoms with Crippen LogP contribution >= 0.6 is 11.6 Å². The number of rotatable bonds is 2. The van der Waals surface area contributed by atoms with E-state index >= 15 is 0 Å². The van der Waals surface area contributed by atoms with Crippen LogP contribution in [0.4, 0.5) is 4.39 Å². The summed E-state index contributed by atoms with van der Waals surface area (Å²) in [6.07, 6.45) is 1.61. The van der Waals surface area contributed by atoms with E-state index in [4.69, 9.17) is 11.6 Å². The van der Waals surface area contributed by atoms with Crippen LogP contribution in [0.15, 0.2) is 36.7 Å². The molecule has 2 rings (SSSR count). The Balaban J connectivity index is 2.36. The normalized spacial score (nSPS) is 12.5. The average Bonchev–Trinajstić information content (AvgIpc) is 2.32. The van der Waals surface area contributed by atoms with Gasteiger partial charge in [0.25, 0.3) is 0 Å². The Morgan fingerprint density at radius 2 is 2.00 bits per heavy atom. The molecule has 0 radical (unpaired) electrons. The molecular formula is C13H11ClFNO. The highest BCUT2D eigenvalue weighted by atomic mass is 35.5. The van der Waals surface area contributed by atoms with Crippen LogP contribution in [0.3, 0.4) is 0 Å². The molecule has 0 aliphatic carbocycles. The minimum atomic E-state index is -0.920. The third kappa shape index (κ3) is 2.62. The second-order valence-electron chi connectivity index (χ2n) is 3.85. The fraction of sp³-hybridized carbons (Fsp3) is 0.154. The van der Waals surface area contributed by atoms with Crippen LogP contribution in [0.1, 0.15) is 22.8 Å². The smallest absolute Gasteiger partial charge is 0.141 e. The van der Waals surface area contributed by atoms with Crippen LogP contribution in [0, 0.1) is 12.7 Å². The van der Waals surface area contributed by atoms with Crippen molar-refractivity contribution in [3.8, 4) is 0 Å². The SMILES string of the molecule is Cc1ccc(C(O)c2cncc(F)c2)cc1Cl. The molecule has 0 aliphatic heterocycles. The van der Waals surface area contributed by atoms with Gasteiger partial charge in [-0.05, 0) is 30.2 Å². The van der Waals surface area contributed by atoms with Crippen molar-refractivity contribution in [3.05, 3.63) is 64.2 Å². The quantitative estimate of drug-likeness (QED) is 0.889. The molecule has 1 aromatic carbocycles. The van der Waals surface area contributed by atoms with Crippen LogP contribution in [0.25, 0.3) is 0 Å². The monoisotopic (exact) mass is 251 g/mol. The molecule has 88 valence electrons. The number of hydrogen-bond donors (Lipinski definition) is 1. The van der Waals surface area contributed by atoms with Gasteiger partial charge in [-0.3, -0.25) is 4.98 Å². The van der Waals surface area contributed by atoms with Crippen molar-refractivity contribution < 1.29 is 9.50 Å². The molecular weight excluding hydrogens is 241 g/mol. The van der Waals surface area contributed by atoms with Gasteiger partial charge in [0.2, 0.25) is 0 Å². The van der Waals surface area contributed by atoms with E-state index in [9.17, 15) is 9.50 Å². The summed E-state index contributed by atoms with van der Waals surface area (Å²) >= 11 is 5.98. The predicted molar refractivity (Wildman–Crippen MR) is 64.4 cm³/mol. The highest BCUT2D eigenvalue weighted by Gasteiger charge is 2.12. The minimum Gasteiger partial charge on any atom is -0.384 e. The zero-order valence-corrected chi connectivity index (χ0v) is 9.95. The molecule has 1 aromatic heterocycles. The highest BCUT2D eigenvalue weighted by molar-refractivity contribution is 6.31. The van der Waals surface area contributed by atoms with Gasteiger partial charge in [0.15, 0.2) is 0 Å². The molecule has 0 aliphatic rings. The highest BCUT2D eigenvalue weighted by Crippen LogP contribution is 2.25. The summed E-state index contributed by atoms with van der Waals surface area (Å²) in [6.45, 7) is 1.88. The van der Waals surface area contributed by atoms with Gasteiger partial charge in [-0.25, -0.2) is 4.39 Å². The third-order valence-electron chi connectivity index (χ3n) is 2.55. The lowest BCUT2D eigenvalue weighted by Crippen LogP contribution is -2.01. The first kappa shape index (κ1) is 12.0. The summed E-state index contributed by atoms with van der Waals surface area (Å²) in [6, 6.07) is 6.50. The van der Waals surface area contributed by atoms with Crippen molar-refractivity contribution in [1.82, 2.24) is 4.98 Å². The van der Waals surface area contributed by atoms with Gasteiger partial charge >= 0.3 is 0 Å². The molecule has 17 heavy (non-hydrogen) atoms. The molecule has 0 bridgehead atoms. The summed E-state index contributed by atoms with van der Waals surface area (Å²) in [5, 5.41) is 10.6. The van der Waals surface area contributed by atoms with E-state index in [1.165, 1.54) is 12.3 Å². The van der Waals surface area contributed by atoms with E-state index in [0.29, 0.717) is 16.1 Å². The number of aliphatic hydroxyl groups is 1. The van der Waals surface area contributed by atoms with E-state index in [2.05, 4.69) is 4.98 Å². The predicted octanol–water partition coefficient (Wildman–Crippen LogP) is 3.26. The fourth-order valence-electron chi connectivity index (χ4n) is 1.55. The Kier molecular flexibility index (Phi) is 3.41. The van der Waals surface area contributed by atoms with E-state index in [1.54, 1.807) is 12.1 Å². The maximum atomic E-state index is 13.0. The minimum absolute atomic E-state index is 0.407. The molecule has 1 heterocycles. The summed E-state index contributed by atoms with van der Waals surface area (Å²) in [5.41, 5.74) is 1.96. The van der Waals surface area contributed by atoms with Crippen LogP contribution < -0.4 is 0 Å². The van der Waals surface area contributed by atoms with Crippen molar-refractivity contribution in [3.63, 3.8) is 0 Å². The van der Waals surface area contributed by atoms with Gasteiger partial charge < -0.3 is 5.11 Å². The number of aryl methyl sites for hydroxylation is 1. The first-order valence-corrected chi connectivity index (χ1v) is 5.50. The standard InChI is InChI=1S/C13H11ClFNO/c1-8-2-3-9(5-12(8)14)13(17)10-4-11(15)7-16-6-10/h2-7,13,17H,1H3. The van der Waals surface area contributed by atoms with Gasteiger partial charge in [-0.1, -0.05) is 23.7 Å². The molecule has 2 nitrogen and oxygen atoms in total. The molecule has 0 amide bonds. The van der Waals surface area contributed by atoms with Crippen molar-refractivity contribution in [2.45, 2.75) is 13.0 Å².